The van der Waals surface area contributed by atoms with E-state index in [-0.39, 0.29) is 0 Å². The summed E-state index contributed by atoms with van der Waals surface area (Å²) in [6.07, 6.45) is 4.96. The van der Waals surface area contributed by atoms with E-state index in [4.69, 9.17) is 17.3 Å². The molecule has 6 nitrogen and oxygen atoms in total. The first-order valence-corrected chi connectivity index (χ1v) is 5.56. The smallest absolute Gasteiger partial charge is 0.150 e. The molecule has 0 aliphatic carbocycles. The van der Waals surface area contributed by atoms with Gasteiger partial charge in [0.05, 0.1) is 11.9 Å². The second kappa shape index (κ2) is 4.97. The molecule has 7 heteroatoms. The maximum Gasteiger partial charge on any atom is 0.150 e. The van der Waals surface area contributed by atoms with Crippen molar-refractivity contribution in [3.05, 3.63) is 41.6 Å². The second-order valence-electron chi connectivity index (χ2n) is 3.65. The molecule has 2 aromatic heterocycles. The number of nitrogens with zero attached hydrogens (tertiary/aromatic N) is 3. The summed E-state index contributed by atoms with van der Waals surface area (Å²) in [5.74, 6) is 1.01. The molecule has 2 aromatic rings. The van der Waals surface area contributed by atoms with Crippen molar-refractivity contribution in [2.75, 3.05) is 11.1 Å². The van der Waals surface area contributed by atoms with Crippen LogP contribution in [0.25, 0.3) is 0 Å². The fourth-order valence-corrected chi connectivity index (χ4v) is 1.49. The summed E-state index contributed by atoms with van der Waals surface area (Å²) in [4.78, 5) is 7.00. The van der Waals surface area contributed by atoms with E-state index in [1.54, 1.807) is 30.3 Å². The van der Waals surface area contributed by atoms with Crippen LogP contribution in [0.1, 0.15) is 5.56 Å². The van der Waals surface area contributed by atoms with Crippen molar-refractivity contribution < 1.29 is 0 Å². The lowest BCUT2D eigenvalue weighted by Gasteiger charge is -2.02. The van der Waals surface area contributed by atoms with Crippen LogP contribution in [-0.4, -0.2) is 21.0 Å². The quantitative estimate of drug-likeness (QED) is 0.739. The summed E-state index contributed by atoms with van der Waals surface area (Å²) in [7, 11) is 1.75. The molecule has 0 atom stereocenters. The first-order valence-electron chi connectivity index (χ1n) is 5.18. The maximum atomic E-state index is 6.00. The monoisotopic (exact) mass is 264 g/mol. The van der Waals surface area contributed by atoms with Crippen LogP contribution in [0.4, 0.5) is 11.5 Å². The van der Waals surface area contributed by atoms with Crippen LogP contribution >= 0.6 is 11.6 Å². The molecule has 0 radical (unpaired) electrons. The summed E-state index contributed by atoms with van der Waals surface area (Å²) in [5.41, 5.74) is 7.13. The highest BCUT2D eigenvalue weighted by Gasteiger charge is 2.05. The number of aryl methyl sites for hydroxylation is 1. The number of rotatable bonds is 4. The zero-order valence-corrected chi connectivity index (χ0v) is 10.6. The number of aromatic amines is 1. The highest BCUT2D eigenvalue weighted by Crippen LogP contribution is 2.21. The van der Waals surface area contributed by atoms with Crippen molar-refractivity contribution >= 4 is 29.3 Å². The molecule has 0 saturated carbocycles. The van der Waals surface area contributed by atoms with Gasteiger partial charge in [0.15, 0.2) is 0 Å². The van der Waals surface area contributed by atoms with Gasteiger partial charge in [-0.25, -0.2) is 4.99 Å². The Bertz CT molecular complexity index is 594. The van der Waals surface area contributed by atoms with Crippen LogP contribution in [0.5, 0.6) is 0 Å². The van der Waals surface area contributed by atoms with Crippen molar-refractivity contribution in [2.24, 2.45) is 12.0 Å². The first-order chi connectivity index (χ1) is 8.58. The van der Waals surface area contributed by atoms with Gasteiger partial charge in [-0.1, -0.05) is 18.2 Å². The van der Waals surface area contributed by atoms with Gasteiger partial charge in [0.2, 0.25) is 0 Å². The topological polar surface area (TPSA) is 84.0 Å². The standard InChI is InChI=1S/C11H13ClN6/c1-7(15-5-8-3-4-14-11(8)13)17-9-6-16-18(2)10(9)12/h3-6,14,17H,1,13H2,2H3. The van der Waals surface area contributed by atoms with Gasteiger partial charge in [-0.2, -0.15) is 5.10 Å². The summed E-state index contributed by atoms with van der Waals surface area (Å²) < 4.78 is 1.55. The Hall–Kier alpha value is -2.21. The van der Waals surface area contributed by atoms with E-state index >= 15 is 0 Å². The highest BCUT2D eigenvalue weighted by molar-refractivity contribution is 6.32. The molecule has 2 heterocycles. The van der Waals surface area contributed by atoms with E-state index in [2.05, 4.69) is 27.0 Å². The van der Waals surface area contributed by atoms with Crippen LogP contribution in [0.15, 0.2) is 35.9 Å². The summed E-state index contributed by atoms with van der Waals surface area (Å²) in [6.45, 7) is 3.77. The first kappa shape index (κ1) is 12.3. The molecule has 94 valence electrons. The van der Waals surface area contributed by atoms with Gasteiger partial charge in [-0.05, 0) is 6.07 Å². The van der Waals surface area contributed by atoms with Crippen molar-refractivity contribution in [1.82, 2.24) is 14.8 Å². The van der Waals surface area contributed by atoms with Gasteiger partial charge < -0.3 is 16.0 Å². The summed E-state index contributed by atoms with van der Waals surface area (Å²) in [5, 5.41) is 7.44. The SMILES string of the molecule is C=C(N=Cc1cc[nH]c1N)Nc1cnn(C)c1Cl. The van der Waals surface area contributed by atoms with Crippen LogP contribution < -0.4 is 11.1 Å². The minimum absolute atomic E-state index is 0.450. The lowest BCUT2D eigenvalue weighted by molar-refractivity contribution is 0.769. The van der Waals surface area contributed by atoms with E-state index in [1.807, 2.05) is 6.07 Å². The molecule has 18 heavy (non-hydrogen) atoms. The predicted molar refractivity (Wildman–Crippen MR) is 73.8 cm³/mol. The molecule has 0 saturated heterocycles. The van der Waals surface area contributed by atoms with E-state index in [9.17, 15) is 0 Å². The minimum Gasteiger partial charge on any atom is -0.385 e. The van der Waals surface area contributed by atoms with Crippen molar-refractivity contribution in [3.63, 3.8) is 0 Å². The Morgan fingerprint density at radius 3 is 3.06 bits per heavy atom. The van der Waals surface area contributed by atoms with Crippen LogP contribution in [-0.2, 0) is 7.05 Å². The summed E-state index contributed by atoms with van der Waals surface area (Å²) in [6, 6.07) is 1.82. The van der Waals surface area contributed by atoms with Gasteiger partial charge in [-0.15, -0.1) is 0 Å². The lowest BCUT2D eigenvalue weighted by Crippen LogP contribution is -1.97. The zero-order valence-electron chi connectivity index (χ0n) is 9.81. The minimum atomic E-state index is 0.450. The number of nitrogen functional groups attached to an aromatic ring is 1. The molecule has 0 amide bonds. The average molecular weight is 265 g/mol. The zero-order chi connectivity index (χ0) is 13.1. The van der Waals surface area contributed by atoms with Crippen molar-refractivity contribution in [1.29, 1.82) is 0 Å². The van der Waals surface area contributed by atoms with E-state index < -0.39 is 0 Å². The number of hydrogen-bond donors (Lipinski definition) is 3. The Morgan fingerprint density at radius 2 is 2.50 bits per heavy atom. The van der Waals surface area contributed by atoms with Gasteiger partial charge in [-0.3, -0.25) is 4.68 Å². The fourth-order valence-electron chi connectivity index (χ4n) is 1.35. The Labute approximate surface area is 109 Å². The predicted octanol–water partition coefficient (Wildman–Crippen LogP) is 1.99. The van der Waals surface area contributed by atoms with Crippen molar-refractivity contribution in [3.8, 4) is 0 Å². The third-order valence-electron chi connectivity index (χ3n) is 2.32. The number of aliphatic imine (C=N–C) groups is 1. The number of aromatic nitrogens is 3. The molecule has 0 bridgehead atoms. The van der Waals surface area contributed by atoms with Gasteiger partial charge in [0.25, 0.3) is 0 Å². The summed E-state index contributed by atoms with van der Waals surface area (Å²) >= 11 is 6.00. The van der Waals surface area contributed by atoms with Crippen LogP contribution in [0, 0.1) is 0 Å². The number of anilines is 2. The average Bonchev–Trinajstić information content (AvgIpc) is 2.88. The Kier molecular flexibility index (Phi) is 3.38. The Balaban J connectivity index is 2.03. The molecule has 0 aliphatic rings. The molecule has 0 aromatic carbocycles. The van der Waals surface area contributed by atoms with Gasteiger partial charge in [0, 0.05) is 25.0 Å². The number of nitrogens with two attached hydrogens (primary N) is 1. The maximum absolute atomic E-state index is 6.00. The van der Waals surface area contributed by atoms with Crippen LogP contribution in [0.3, 0.4) is 0 Å². The normalized spacial score (nSPS) is 11.0. The van der Waals surface area contributed by atoms with Crippen LogP contribution in [0.2, 0.25) is 5.15 Å². The van der Waals surface area contributed by atoms with Gasteiger partial charge >= 0.3 is 0 Å². The molecule has 2 rings (SSSR count). The lowest BCUT2D eigenvalue weighted by atomic mass is 10.3. The molecule has 0 aliphatic heterocycles. The highest BCUT2D eigenvalue weighted by atomic mass is 35.5. The van der Waals surface area contributed by atoms with E-state index in [0.29, 0.717) is 22.5 Å². The number of hydrogen-bond acceptors (Lipinski definition) is 4. The molecule has 0 spiro atoms. The third kappa shape index (κ3) is 2.54. The molecular weight excluding hydrogens is 252 g/mol. The third-order valence-corrected chi connectivity index (χ3v) is 2.77. The van der Waals surface area contributed by atoms with E-state index in [1.165, 1.54) is 0 Å². The molecule has 4 N–H and O–H groups in total. The molecular formula is C11H13ClN6. The number of nitrogens with one attached hydrogen (secondary N) is 2. The van der Waals surface area contributed by atoms with Crippen molar-refractivity contribution in [2.45, 2.75) is 0 Å². The number of halogens is 1. The Morgan fingerprint density at radius 1 is 1.72 bits per heavy atom. The fraction of sp³-hybridized carbons (Fsp3) is 0.0909. The van der Waals surface area contributed by atoms with Gasteiger partial charge in [0.1, 0.15) is 16.8 Å². The molecule has 0 unspecified atom stereocenters. The second-order valence-corrected chi connectivity index (χ2v) is 4.01. The largest absolute Gasteiger partial charge is 0.385 e. The number of H-pyrrole nitrogens is 1. The molecule has 0 fully saturated rings. The van der Waals surface area contributed by atoms with E-state index in [0.717, 1.165) is 5.56 Å².